The second-order valence-electron chi connectivity index (χ2n) is 11.4. The lowest BCUT2D eigenvalue weighted by molar-refractivity contribution is -0.0221. The molecule has 194 valence electrons. The molecule has 0 amide bonds. The predicted octanol–water partition coefficient (Wildman–Crippen LogP) is 5.29. The van der Waals surface area contributed by atoms with Crippen LogP contribution in [-0.4, -0.2) is 76.8 Å². The fourth-order valence-corrected chi connectivity index (χ4v) is 6.26. The van der Waals surface area contributed by atoms with Crippen molar-refractivity contribution in [3.05, 3.63) is 11.2 Å². The van der Waals surface area contributed by atoms with Crippen LogP contribution in [0.1, 0.15) is 52.4 Å². The summed E-state index contributed by atoms with van der Waals surface area (Å²) in [7, 11) is 1.98. The van der Waals surface area contributed by atoms with Crippen LogP contribution >= 0.6 is 11.6 Å². The zero-order chi connectivity index (χ0) is 25.0. The van der Waals surface area contributed by atoms with Gasteiger partial charge in [-0.1, -0.05) is 11.6 Å². The minimum absolute atomic E-state index is 0.184. The van der Waals surface area contributed by atoms with Crippen molar-refractivity contribution in [2.24, 2.45) is 12.5 Å². The second kappa shape index (κ2) is 8.98. The van der Waals surface area contributed by atoms with E-state index in [1.54, 1.807) is 13.8 Å². The molecule has 2 aromatic heterocycles. The van der Waals surface area contributed by atoms with Crippen LogP contribution in [0.15, 0.2) is 6.07 Å². The summed E-state index contributed by atoms with van der Waals surface area (Å²) in [4.78, 5) is 15.9. The lowest BCUT2D eigenvalue weighted by atomic mass is 9.71. The minimum atomic E-state index is -2.62. The van der Waals surface area contributed by atoms with Crippen molar-refractivity contribution in [1.29, 1.82) is 0 Å². The number of hydrogen-bond acceptors (Lipinski definition) is 5. The Labute approximate surface area is 210 Å². The molecule has 0 N–H and O–H groups in total. The zero-order valence-corrected chi connectivity index (χ0v) is 21.7. The van der Waals surface area contributed by atoms with Crippen molar-refractivity contribution in [3.8, 4) is 0 Å². The van der Waals surface area contributed by atoms with Crippen LogP contribution < -0.4 is 9.80 Å². The van der Waals surface area contributed by atoms with Gasteiger partial charge in [0.15, 0.2) is 5.82 Å². The van der Waals surface area contributed by atoms with Crippen LogP contribution in [-0.2, 0) is 7.05 Å². The molecule has 0 radical (unpaired) electrons. The van der Waals surface area contributed by atoms with Crippen molar-refractivity contribution < 1.29 is 13.2 Å². The minimum Gasteiger partial charge on any atom is -0.354 e. The number of likely N-dealkylation sites (tertiary alicyclic amines) is 1. The zero-order valence-electron chi connectivity index (χ0n) is 21.0. The highest BCUT2D eigenvalue weighted by atomic mass is 35.5. The summed E-state index contributed by atoms with van der Waals surface area (Å²) in [6.45, 7) is 8.04. The van der Waals surface area contributed by atoms with Gasteiger partial charge in [-0.05, 0) is 58.0 Å². The number of piperidine rings is 3. The number of pyridine rings is 1. The molecule has 3 aliphatic rings. The van der Waals surface area contributed by atoms with Gasteiger partial charge in [0, 0.05) is 58.7 Å². The van der Waals surface area contributed by atoms with Gasteiger partial charge >= 0.3 is 0 Å². The van der Waals surface area contributed by atoms with Crippen LogP contribution in [0.3, 0.4) is 0 Å². The maximum absolute atomic E-state index is 14.1. The molecule has 35 heavy (non-hydrogen) atoms. The van der Waals surface area contributed by atoms with Gasteiger partial charge in [0.25, 0.3) is 5.92 Å². The lowest BCUT2D eigenvalue weighted by Crippen LogP contribution is -2.49. The molecule has 0 bridgehead atoms. The molecular formula is C25H36ClF3N6. The highest BCUT2D eigenvalue weighted by Gasteiger charge is 2.40. The molecule has 1 spiro atoms. The van der Waals surface area contributed by atoms with E-state index in [0.29, 0.717) is 22.9 Å². The first-order chi connectivity index (χ1) is 16.4. The Morgan fingerprint density at radius 2 is 1.49 bits per heavy atom. The average Bonchev–Trinajstić information content (AvgIpc) is 3.11. The number of rotatable bonds is 4. The number of hydrogen-bond donors (Lipinski definition) is 0. The van der Waals surface area contributed by atoms with Crippen LogP contribution in [0.5, 0.6) is 0 Å². The number of anilines is 2. The van der Waals surface area contributed by atoms with Crippen LogP contribution in [0.25, 0.3) is 11.0 Å². The van der Waals surface area contributed by atoms with E-state index in [4.69, 9.17) is 16.6 Å². The molecule has 3 fully saturated rings. The molecule has 10 heteroatoms. The van der Waals surface area contributed by atoms with Crippen molar-refractivity contribution in [1.82, 2.24) is 19.4 Å². The van der Waals surface area contributed by atoms with E-state index in [2.05, 4.69) is 19.4 Å². The van der Waals surface area contributed by atoms with E-state index >= 15 is 0 Å². The standard InChI is InChI=1S/C25H36ClF3N6/c1-23(2,27)17-33-10-4-24(5-11-33)6-12-35(13-7-24)22-31-20-18(32(22)3)16-19(26)30-21(20)34-14-8-25(28,29)9-15-34/h16H,4-15,17H2,1-3H3. The second-order valence-corrected chi connectivity index (χ2v) is 11.8. The molecule has 6 nitrogen and oxygen atoms in total. The Hall–Kier alpha value is -1.74. The summed E-state index contributed by atoms with van der Waals surface area (Å²) in [5.74, 6) is -1.15. The molecule has 0 aromatic carbocycles. The topological polar surface area (TPSA) is 40.4 Å². The normalized spacial score (nSPS) is 23.4. The summed E-state index contributed by atoms with van der Waals surface area (Å²) < 4.78 is 43.6. The third-order valence-corrected chi connectivity index (χ3v) is 8.41. The average molecular weight is 513 g/mol. The van der Waals surface area contributed by atoms with E-state index in [1.165, 1.54) is 0 Å². The van der Waals surface area contributed by atoms with Crippen LogP contribution in [0, 0.1) is 5.41 Å². The van der Waals surface area contributed by atoms with Crippen LogP contribution in [0.4, 0.5) is 24.9 Å². The summed E-state index contributed by atoms with van der Waals surface area (Å²) in [5.41, 5.74) is 0.765. The molecule has 0 saturated carbocycles. The van der Waals surface area contributed by atoms with E-state index < -0.39 is 11.6 Å². The number of aryl methyl sites for hydroxylation is 1. The molecular weight excluding hydrogens is 477 g/mol. The smallest absolute Gasteiger partial charge is 0.251 e. The van der Waals surface area contributed by atoms with Gasteiger partial charge in [-0.3, -0.25) is 0 Å². The lowest BCUT2D eigenvalue weighted by Gasteiger charge is -2.47. The largest absolute Gasteiger partial charge is 0.354 e. The Kier molecular flexibility index (Phi) is 6.39. The monoisotopic (exact) mass is 512 g/mol. The van der Waals surface area contributed by atoms with E-state index in [-0.39, 0.29) is 25.9 Å². The molecule has 2 aromatic rings. The molecule has 3 aliphatic heterocycles. The molecule has 5 heterocycles. The van der Waals surface area contributed by atoms with Gasteiger partial charge in [-0.15, -0.1) is 0 Å². The number of halogens is 4. The number of nitrogens with zero attached hydrogens (tertiary/aromatic N) is 6. The summed E-state index contributed by atoms with van der Waals surface area (Å²) in [6, 6.07) is 1.81. The fourth-order valence-electron chi connectivity index (χ4n) is 6.08. The first-order valence-electron chi connectivity index (χ1n) is 12.8. The summed E-state index contributed by atoms with van der Waals surface area (Å²) in [6.07, 6.45) is 4.05. The maximum atomic E-state index is 14.1. The van der Waals surface area contributed by atoms with Crippen LogP contribution in [0.2, 0.25) is 5.15 Å². The number of aromatic nitrogens is 3. The third-order valence-electron chi connectivity index (χ3n) is 8.21. The molecule has 0 atom stereocenters. The maximum Gasteiger partial charge on any atom is 0.251 e. The van der Waals surface area contributed by atoms with Gasteiger partial charge in [-0.2, -0.15) is 0 Å². The predicted molar refractivity (Wildman–Crippen MR) is 135 cm³/mol. The summed E-state index contributed by atoms with van der Waals surface area (Å²) in [5, 5.41) is 0.347. The Morgan fingerprint density at radius 1 is 0.914 bits per heavy atom. The SMILES string of the molecule is Cn1c(N2CCC3(CCN(CC(C)(C)F)CC3)CC2)nc2c(N3CCC(F)(F)CC3)nc(Cl)cc21. The van der Waals surface area contributed by atoms with Crippen molar-refractivity contribution in [3.63, 3.8) is 0 Å². The molecule has 3 saturated heterocycles. The number of fused-ring (bicyclic) bond motifs is 1. The number of imidazole rings is 1. The van der Waals surface area contributed by atoms with Gasteiger partial charge < -0.3 is 19.3 Å². The van der Waals surface area contributed by atoms with Crippen molar-refractivity contribution >= 4 is 34.4 Å². The van der Waals surface area contributed by atoms with Crippen molar-refractivity contribution in [2.75, 3.05) is 55.6 Å². The first kappa shape index (κ1) is 24.9. The molecule has 0 unspecified atom stereocenters. The molecule has 5 rings (SSSR count). The summed E-state index contributed by atoms with van der Waals surface area (Å²) >= 11 is 6.35. The van der Waals surface area contributed by atoms with Crippen molar-refractivity contribution in [2.45, 2.75) is 64.0 Å². The van der Waals surface area contributed by atoms with E-state index in [9.17, 15) is 13.2 Å². The fraction of sp³-hybridized carbons (Fsp3) is 0.760. The van der Waals surface area contributed by atoms with Gasteiger partial charge in [0.05, 0.1) is 5.52 Å². The quantitative estimate of drug-likeness (QED) is 0.521. The third kappa shape index (κ3) is 5.22. The van der Waals surface area contributed by atoms with E-state index in [1.807, 2.05) is 18.0 Å². The van der Waals surface area contributed by atoms with E-state index in [0.717, 1.165) is 68.8 Å². The van der Waals surface area contributed by atoms with Gasteiger partial charge in [0.2, 0.25) is 5.95 Å². The molecule has 0 aliphatic carbocycles. The Bertz CT molecular complexity index is 1050. The Balaban J connectivity index is 1.30. The Morgan fingerprint density at radius 3 is 2.09 bits per heavy atom. The highest BCUT2D eigenvalue weighted by molar-refractivity contribution is 6.30. The number of alkyl halides is 3. The highest BCUT2D eigenvalue weighted by Crippen LogP contribution is 2.43. The first-order valence-corrected chi connectivity index (χ1v) is 13.1. The van der Waals surface area contributed by atoms with Gasteiger partial charge in [-0.25, -0.2) is 23.1 Å². The van der Waals surface area contributed by atoms with Gasteiger partial charge in [0.1, 0.15) is 16.3 Å².